The third kappa shape index (κ3) is 4.98. The number of amides is 1. The Morgan fingerprint density at radius 3 is 2.72 bits per heavy atom. The van der Waals surface area contributed by atoms with Gasteiger partial charge in [-0.2, -0.15) is 5.10 Å². The zero-order valence-electron chi connectivity index (χ0n) is 19.5. The average Bonchev–Trinajstić information content (AvgIpc) is 3.26. The van der Waals surface area contributed by atoms with Crippen LogP contribution in [0.4, 0.5) is 0 Å². The SMILES string of the molecule is C/C(=N\NC(=O)CSc1nc2sc3c(c2c(=O)n1-c1ccc(Br)cc1)CCCC3)c1ccccc1O. The Labute approximate surface area is 224 Å². The Bertz CT molecular complexity index is 1540. The van der Waals surface area contributed by atoms with Crippen molar-refractivity contribution in [3.63, 3.8) is 0 Å². The Morgan fingerprint density at radius 1 is 1.19 bits per heavy atom. The van der Waals surface area contributed by atoms with Gasteiger partial charge in [-0.1, -0.05) is 39.8 Å². The predicted molar refractivity (Wildman–Crippen MR) is 149 cm³/mol. The van der Waals surface area contributed by atoms with Crippen molar-refractivity contribution in [1.82, 2.24) is 15.0 Å². The van der Waals surface area contributed by atoms with E-state index in [1.54, 1.807) is 47.1 Å². The van der Waals surface area contributed by atoms with E-state index in [2.05, 4.69) is 26.5 Å². The molecule has 0 saturated carbocycles. The highest BCUT2D eigenvalue weighted by molar-refractivity contribution is 9.10. The number of nitrogens with one attached hydrogen (secondary N) is 1. The van der Waals surface area contributed by atoms with E-state index in [4.69, 9.17) is 4.98 Å². The lowest BCUT2D eigenvalue weighted by molar-refractivity contribution is -0.118. The van der Waals surface area contributed by atoms with Gasteiger partial charge < -0.3 is 5.11 Å². The Hall–Kier alpha value is -2.95. The molecule has 1 aliphatic rings. The van der Waals surface area contributed by atoms with Gasteiger partial charge in [-0.25, -0.2) is 10.4 Å². The summed E-state index contributed by atoms with van der Waals surface area (Å²) in [5.74, 6) is -0.217. The normalized spacial score (nSPS) is 13.6. The molecule has 7 nitrogen and oxygen atoms in total. The predicted octanol–water partition coefficient (Wildman–Crippen LogP) is 5.43. The van der Waals surface area contributed by atoms with E-state index >= 15 is 0 Å². The van der Waals surface area contributed by atoms with Crippen LogP contribution in [0.5, 0.6) is 5.75 Å². The second kappa shape index (κ2) is 10.6. The quantitative estimate of drug-likeness (QED) is 0.137. The Morgan fingerprint density at radius 2 is 1.94 bits per heavy atom. The summed E-state index contributed by atoms with van der Waals surface area (Å²) < 4.78 is 2.51. The zero-order valence-corrected chi connectivity index (χ0v) is 22.7. The number of aromatic nitrogens is 2. The zero-order chi connectivity index (χ0) is 25.2. The molecule has 4 aromatic rings. The van der Waals surface area contributed by atoms with Crippen LogP contribution >= 0.6 is 39.0 Å². The maximum atomic E-state index is 13.8. The van der Waals surface area contributed by atoms with Crippen molar-refractivity contribution >= 4 is 60.9 Å². The molecule has 5 rings (SSSR count). The average molecular weight is 584 g/mol. The number of benzene rings is 2. The molecule has 1 amide bonds. The number of thiophene rings is 1. The van der Waals surface area contributed by atoms with Crippen molar-refractivity contribution in [2.24, 2.45) is 5.10 Å². The lowest BCUT2D eigenvalue weighted by atomic mass is 9.97. The summed E-state index contributed by atoms with van der Waals surface area (Å²) in [6, 6.07) is 14.3. The molecular weight excluding hydrogens is 560 g/mol. The maximum Gasteiger partial charge on any atom is 0.267 e. The van der Waals surface area contributed by atoms with E-state index < -0.39 is 0 Å². The first-order valence-corrected chi connectivity index (χ1v) is 14.1. The fraction of sp³-hybridized carbons (Fsp3) is 0.231. The Balaban J connectivity index is 1.45. The summed E-state index contributed by atoms with van der Waals surface area (Å²) in [6.45, 7) is 1.71. The van der Waals surface area contributed by atoms with Gasteiger partial charge in [0.05, 0.1) is 22.5 Å². The fourth-order valence-electron chi connectivity index (χ4n) is 4.25. The van der Waals surface area contributed by atoms with Gasteiger partial charge in [0.2, 0.25) is 0 Å². The van der Waals surface area contributed by atoms with Crippen LogP contribution < -0.4 is 11.0 Å². The number of thioether (sulfide) groups is 1. The molecule has 2 heterocycles. The molecule has 0 saturated heterocycles. The van der Waals surface area contributed by atoms with Gasteiger partial charge in [-0.3, -0.25) is 14.2 Å². The molecule has 36 heavy (non-hydrogen) atoms. The number of phenols is 1. The number of fused-ring (bicyclic) bond motifs is 3. The van der Waals surface area contributed by atoms with Crippen molar-refractivity contribution in [2.45, 2.75) is 37.8 Å². The van der Waals surface area contributed by atoms with Crippen LogP contribution in [-0.2, 0) is 17.6 Å². The minimum absolute atomic E-state index is 0.0249. The van der Waals surface area contributed by atoms with Crippen LogP contribution in [0.3, 0.4) is 0 Å². The highest BCUT2D eigenvalue weighted by Crippen LogP contribution is 2.35. The van der Waals surface area contributed by atoms with Gasteiger partial charge in [0.15, 0.2) is 5.16 Å². The fourth-order valence-corrected chi connectivity index (χ4v) is 6.62. The summed E-state index contributed by atoms with van der Waals surface area (Å²) in [5.41, 5.74) is 5.30. The van der Waals surface area contributed by atoms with E-state index in [0.717, 1.165) is 40.5 Å². The molecule has 184 valence electrons. The molecule has 2 aromatic heterocycles. The van der Waals surface area contributed by atoms with E-state index in [9.17, 15) is 14.7 Å². The molecule has 0 spiro atoms. The number of aryl methyl sites for hydroxylation is 2. The van der Waals surface area contributed by atoms with Crippen molar-refractivity contribution < 1.29 is 9.90 Å². The molecular formula is C26H23BrN4O3S2. The van der Waals surface area contributed by atoms with E-state index in [1.165, 1.54) is 16.6 Å². The number of aromatic hydroxyl groups is 1. The van der Waals surface area contributed by atoms with E-state index in [-0.39, 0.29) is 23.0 Å². The summed E-state index contributed by atoms with van der Waals surface area (Å²) in [6.07, 6.45) is 4.08. The van der Waals surface area contributed by atoms with Gasteiger partial charge in [-0.05, 0) is 74.6 Å². The summed E-state index contributed by atoms with van der Waals surface area (Å²) >= 11 is 6.24. The van der Waals surface area contributed by atoms with Crippen molar-refractivity contribution in [3.05, 3.63) is 79.4 Å². The van der Waals surface area contributed by atoms with Crippen LogP contribution in [-0.4, -0.2) is 32.0 Å². The molecule has 0 radical (unpaired) electrons. The second-order valence-electron chi connectivity index (χ2n) is 8.44. The molecule has 10 heteroatoms. The smallest absolute Gasteiger partial charge is 0.267 e. The molecule has 0 atom stereocenters. The molecule has 1 aliphatic carbocycles. The number of nitrogens with zero attached hydrogens (tertiary/aromatic N) is 3. The molecule has 0 unspecified atom stereocenters. The van der Waals surface area contributed by atoms with Gasteiger partial charge in [0, 0.05) is 14.9 Å². The number of rotatable bonds is 6. The molecule has 0 fully saturated rings. The largest absolute Gasteiger partial charge is 0.507 e. The van der Waals surface area contributed by atoms with Gasteiger partial charge in [0.25, 0.3) is 11.5 Å². The number of hydrogen-bond acceptors (Lipinski definition) is 7. The number of carbonyl (C=O) groups excluding carboxylic acids is 1. The number of para-hydroxylation sites is 1. The van der Waals surface area contributed by atoms with E-state index in [1.807, 2.05) is 24.3 Å². The standard InChI is InChI=1S/C26H23BrN4O3S2/c1-15(18-6-2-4-8-20(18)32)29-30-22(33)14-35-26-28-24-23(19-7-3-5-9-21(19)36-24)25(34)31(26)17-12-10-16(27)11-13-17/h2,4,6,8,10-13,32H,3,5,7,9,14H2,1H3,(H,30,33)/b29-15+. The Kier molecular flexibility index (Phi) is 7.27. The number of hydrogen-bond donors (Lipinski definition) is 2. The van der Waals surface area contributed by atoms with Gasteiger partial charge in [-0.15, -0.1) is 11.3 Å². The monoisotopic (exact) mass is 582 g/mol. The highest BCUT2D eigenvalue weighted by atomic mass is 79.9. The number of halogens is 1. The molecule has 0 bridgehead atoms. The summed E-state index contributed by atoms with van der Waals surface area (Å²) in [7, 11) is 0. The van der Waals surface area contributed by atoms with Crippen LogP contribution in [0.15, 0.2) is 68.1 Å². The summed E-state index contributed by atoms with van der Waals surface area (Å²) in [4.78, 5) is 33.2. The minimum atomic E-state index is -0.336. The van der Waals surface area contributed by atoms with Crippen LogP contribution in [0.2, 0.25) is 0 Å². The third-order valence-electron chi connectivity index (χ3n) is 6.02. The minimum Gasteiger partial charge on any atom is -0.507 e. The summed E-state index contributed by atoms with van der Waals surface area (Å²) in [5, 5.41) is 15.3. The molecule has 2 N–H and O–H groups in total. The molecule has 0 aliphatic heterocycles. The lowest BCUT2D eigenvalue weighted by Crippen LogP contribution is -2.24. The van der Waals surface area contributed by atoms with Gasteiger partial charge >= 0.3 is 0 Å². The van der Waals surface area contributed by atoms with Gasteiger partial charge in [0.1, 0.15) is 10.6 Å². The van der Waals surface area contributed by atoms with Crippen LogP contribution in [0, 0.1) is 0 Å². The number of phenolic OH excluding ortho intramolecular Hbond substituents is 1. The van der Waals surface area contributed by atoms with Crippen molar-refractivity contribution in [3.8, 4) is 11.4 Å². The highest BCUT2D eigenvalue weighted by Gasteiger charge is 2.23. The first-order valence-electron chi connectivity index (χ1n) is 11.5. The van der Waals surface area contributed by atoms with Crippen LogP contribution in [0.1, 0.15) is 35.8 Å². The molecule has 2 aromatic carbocycles. The van der Waals surface area contributed by atoms with E-state index in [0.29, 0.717) is 27.5 Å². The second-order valence-corrected chi connectivity index (χ2v) is 11.4. The van der Waals surface area contributed by atoms with Crippen LogP contribution in [0.25, 0.3) is 15.9 Å². The third-order valence-corrected chi connectivity index (χ3v) is 8.67. The first-order chi connectivity index (χ1) is 17.4. The topological polar surface area (TPSA) is 96.6 Å². The maximum absolute atomic E-state index is 13.8. The van der Waals surface area contributed by atoms with Crippen molar-refractivity contribution in [1.29, 1.82) is 0 Å². The number of hydrazone groups is 1. The first kappa shape index (κ1) is 24.7. The number of carbonyl (C=O) groups is 1. The lowest BCUT2D eigenvalue weighted by Gasteiger charge is -2.13. The van der Waals surface area contributed by atoms with Crippen molar-refractivity contribution in [2.75, 3.05) is 5.75 Å².